The van der Waals surface area contributed by atoms with Crippen molar-refractivity contribution in [1.82, 2.24) is 5.48 Å². The number of carbonyl (C=O) groups excluding carboxylic acids is 3. The molecule has 29 heavy (non-hydrogen) atoms. The first kappa shape index (κ1) is 20.0. The minimum atomic E-state index is -0.672. The van der Waals surface area contributed by atoms with Crippen molar-refractivity contribution in [1.29, 1.82) is 0 Å². The van der Waals surface area contributed by atoms with Crippen LogP contribution in [0, 0.1) is 0 Å². The predicted octanol–water partition coefficient (Wildman–Crippen LogP) is 3.15. The molecule has 0 fully saturated rings. The number of amides is 3. The van der Waals surface area contributed by atoms with E-state index < -0.39 is 5.91 Å². The fourth-order valence-electron chi connectivity index (χ4n) is 2.95. The third-order valence-electron chi connectivity index (χ3n) is 4.38. The van der Waals surface area contributed by atoms with Gasteiger partial charge in [0, 0.05) is 5.56 Å². The summed E-state index contributed by atoms with van der Waals surface area (Å²) in [6, 6.07) is 24.3. The number of imide groups is 1. The smallest absolute Gasteiger partial charge is 0.274 e. The molecule has 6 heteroatoms. The van der Waals surface area contributed by atoms with E-state index in [9.17, 15) is 14.4 Å². The van der Waals surface area contributed by atoms with Gasteiger partial charge in [-0.1, -0.05) is 60.7 Å². The molecule has 0 spiro atoms. The number of hydrogen-bond acceptors (Lipinski definition) is 4. The molecule has 0 aliphatic carbocycles. The van der Waals surface area contributed by atoms with Gasteiger partial charge in [0.15, 0.2) is 0 Å². The van der Waals surface area contributed by atoms with Crippen molar-refractivity contribution in [3.8, 4) is 0 Å². The third kappa shape index (κ3) is 5.15. The van der Waals surface area contributed by atoms with Gasteiger partial charge >= 0.3 is 0 Å². The summed E-state index contributed by atoms with van der Waals surface area (Å²) < 4.78 is 0. The Morgan fingerprint density at radius 3 is 1.55 bits per heavy atom. The van der Waals surface area contributed by atoms with E-state index in [0.29, 0.717) is 5.69 Å². The number of hydroxylamine groups is 1. The summed E-state index contributed by atoms with van der Waals surface area (Å²) >= 11 is 0. The van der Waals surface area contributed by atoms with Crippen molar-refractivity contribution in [3.63, 3.8) is 0 Å². The van der Waals surface area contributed by atoms with Crippen molar-refractivity contribution in [3.05, 3.63) is 102 Å². The summed E-state index contributed by atoms with van der Waals surface area (Å²) in [5, 5.41) is 8.75. The third-order valence-corrected chi connectivity index (χ3v) is 4.38. The van der Waals surface area contributed by atoms with Gasteiger partial charge in [-0.2, -0.15) is 0 Å². The Morgan fingerprint density at radius 1 is 0.690 bits per heavy atom. The Kier molecular flexibility index (Phi) is 6.50. The Bertz CT molecular complexity index is 933. The molecule has 0 unspecified atom stereocenters. The number of nitrogens with zero attached hydrogens (tertiary/aromatic N) is 1. The average molecular weight is 388 g/mol. The highest BCUT2D eigenvalue weighted by atomic mass is 16.5. The summed E-state index contributed by atoms with van der Waals surface area (Å²) in [4.78, 5) is 38.7. The van der Waals surface area contributed by atoms with E-state index in [2.05, 4.69) is 0 Å². The van der Waals surface area contributed by atoms with Crippen LogP contribution in [0.5, 0.6) is 0 Å². The zero-order valence-electron chi connectivity index (χ0n) is 15.6. The second-order valence-corrected chi connectivity index (χ2v) is 6.44. The summed E-state index contributed by atoms with van der Waals surface area (Å²) in [7, 11) is 0. The quantitative estimate of drug-likeness (QED) is 0.502. The Labute approximate surface area is 168 Å². The molecule has 0 radical (unpaired) electrons. The molecule has 146 valence electrons. The summed E-state index contributed by atoms with van der Waals surface area (Å²) in [5.74, 6) is -1.40. The van der Waals surface area contributed by atoms with Gasteiger partial charge in [-0.15, -0.1) is 0 Å². The van der Waals surface area contributed by atoms with Crippen LogP contribution < -0.4 is 10.4 Å². The summed E-state index contributed by atoms with van der Waals surface area (Å²) in [5.41, 5.74) is 3.72. The molecule has 3 amide bonds. The maximum atomic E-state index is 13.0. The number of anilines is 1. The van der Waals surface area contributed by atoms with Crippen LogP contribution >= 0.6 is 0 Å². The van der Waals surface area contributed by atoms with Crippen LogP contribution in [-0.4, -0.2) is 22.9 Å². The number of hydrogen-bond donors (Lipinski definition) is 2. The van der Waals surface area contributed by atoms with Crippen LogP contribution in [0.1, 0.15) is 21.5 Å². The van der Waals surface area contributed by atoms with Crippen LogP contribution in [0.4, 0.5) is 5.69 Å². The Hall–Kier alpha value is -3.77. The molecule has 0 atom stereocenters. The Balaban J connectivity index is 1.89. The molecule has 0 heterocycles. The zero-order chi connectivity index (χ0) is 20.6. The lowest BCUT2D eigenvalue weighted by atomic mass is 10.1. The molecule has 0 aliphatic heterocycles. The van der Waals surface area contributed by atoms with Gasteiger partial charge in [0.05, 0.1) is 18.5 Å². The van der Waals surface area contributed by atoms with E-state index in [1.807, 2.05) is 60.7 Å². The molecular weight excluding hydrogens is 368 g/mol. The molecule has 3 aromatic carbocycles. The second-order valence-electron chi connectivity index (χ2n) is 6.44. The van der Waals surface area contributed by atoms with E-state index in [4.69, 9.17) is 5.21 Å². The lowest BCUT2D eigenvalue weighted by Gasteiger charge is -2.21. The van der Waals surface area contributed by atoms with Crippen LogP contribution in [-0.2, 0) is 22.4 Å². The minimum absolute atomic E-state index is 0.0697. The minimum Gasteiger partial charge on any atom is -0.288 e. The van der Waals surface area contributed by atoms with E-state index in [1.165, 1.54) is 24.3 Å². The van der Waals surface area contributed by atoms with Crippen LogP contribution in [0.2, 0.25) is 0 Å². The SMILES string of the molecule is O=C(NO)c1ccc(N(C(=O)Cc2ccccc2)C(=O)Cc2ccccc2)cc1. The highest BCUT2D eigenvalue weighted by Gasteiger charge is 2.24. The van der Waals surface area contributed by atoms with Gasteiger partial charge in [0.25, 0.3) is 5.91 Å². The molecule has 3 rings (SSSR count). The van der Waals surface area contributed by atoms with Crippen molar-refractivity contribution in [2.75, 3.05) is 4.90 Å². The molecular formula is C23H20N2O4. The second kappa shape index (κ2) is 9.43. The number of nitrogens with one attached hydrogen (secondary N) is 1. The highest BCUT2D eigenvalue weighted by molar-refractivity contribution is 6.16. The zero-order valence-corrected chi connectivity index (χ0v) is 15.6. The van der Waals surface area contributed by atoms with E-state index in [1.54, 1.807) is 5.48 Å². The number of carbonyl (C=O) groups is 3. The van der Waals surface area contributed by atoms with Crippen LogP contribution in [0.25, 0.3) is 0 Å². The van der Waals surface area contributed by atoms with Crippen molar-refractivity contribution < 1.29 is 19.6 Å². The molecule has 3 aromatic rings. The lowest BCUT2D eigenvalue weighted by Crippen LogP contribution is -2.39. The standard InChI is InChI=1S/C23H20N2O4/c26-21(15-17-7-3-1-4-8-17)25(22(27)16-18-9-5-2-6-10-18)20-13-11-19(12-14-20)23(28)24-29/h1-14,29H,15-16H2,(H,24,28). The monoisotopic (exact) mass is 388 g/mol. The molecule has 0 saturated heterocycles. The lowest BCUT2D eigenvalue weighted by molar-refractivity contribution is -0.125. The van der Waals surface area contributed by atoms with E-state index in [0.717, 1.165) is 16.0 Å². The number of benzene rings is 3. The van der Waals surface area contributed by atoms with Gasteiger partial charge < -0.3 is 0 Å². The number of rotatable bonds is 6. The average Bonchev–Trinajstić information content (AvgIpc) is 2.75. The largest absolute Gasteiger partial charge is 0.288 e. The Morgan fingerprint density at radius 2 is 1.14 bits per heavy atom. The first-order chi connectivity index (χ1) is 14.1. The van der Waals surface area contributed by atoms with Gasteiger partial charge in [-0.05, 0) is 35.4 Å². The molecule has 2 N–H and O–H groups in total. The van der Waals surface area contributed by atoms with Gasteiger partial charge in [0.2, 0.25) is 11.8 Å². The van der Waals surface area contributed by atoms with Crippen molar-refractivity contribution in [2.24, 2.45) is 0 Å². The first-order valence-electron chi connectivity index (χ1n) is 9.06. The van der Waals surface area contributed by atoms with E-state index in [-0.39, 0.29) is 30.2 Å². The fourth-order valence-corrected chi connectivity index (χ4v) is 2.95. The normalized spacial score (nSPS) is 10.2. The van der Waals surface area contributed by atoms with Crippen LogP contribution in [0.15, 0.2) is 84.9 Å². The maximum Gasteiger partial charge on any atom is 0.274 e. The first-order valence-corrected chi connectivity index (χ1v) is 9.06. The summed E-state index contributed by atoms with van der Waals surface area (Å²) in [6.07, 6.45) is 0.139. The summed E-state index contributed by atoms with van der Waals surface area (Å²) in [6.45, 7) is 0. The van der Waals surface area contributed by atoms with Gasteiger partial charge in [0.1, 0.15) is 0 Å². The molecule has 0 aliphatic rings. The van der Waals surface area contributed by atoms with Gasteiger partial charge in [-0.25, -0.2) is 5.48 Å². The van der Waals surface area contributed by atoms with Gasteiger partial charge in [-0.3, -0.25) is 24.5 Å². The fraction of sp³-hybridized carbons (Fsp3) is 0.0870. The molecule has 0 aromatic heterocycles. The molecule has 0 bridgehead atoms. The topological polar surface area (TPSA) is 86.7 Å². The predicted molar refractivity (Wildman–Crippen MR) is 108 cm³/mol. The molecule has 0 saturated carbocycles. The van der Waals surface area contributed by atoms with Crippen LogP contribution in [0.3, 0.4) is 0 Å². The highest BCUT2D eigenvalue weighted by Crippen LogP contribution is 2.19. The van der Waals surface area contributed by atoms with Crippen molar-refractivity contribution in [2.45, 2.75) is 12.8 Å². The van der Waals surface area contributed by atoms with E-state index >= 15 is 0 Å². The molecule has 6 nitrogen and oxygen atoms in total. The maximum absolute atomic E-state index is 13.0. The van der Waals surface area contributed by atoms with Crippen molar-refractivity contribution >= 4 is 23.4 Å².